The van der Waals surface area contributed by atoms with Crippen LogP contribution in [0.3, 0.4) is 0 Å². The van der Waals surface area contributed by atoms with Crippen LogP contribution < -0.4 is 10.6 Å². The molecule has 0 fully saturated rings. The maximum absolute atomic E-state index is 11.8. The highest BCUT2D eigenvalue weighted by Crippen LogP contribution is 2.17. The lowest BCUT2D eigenvalue weighted by atomic mass is 10.2. The smallest absolute Gasteiger partial charge is 0.271 e. The number of amides is 1. The zero-order chi connectivity index (χ0) is 15.9. The van der Waals surface area contributed by atoms with Crippen LogP contribution in [-0.4, -0.2) is 22.4 Å². The number of benzene rings is 1. The van der Waals surface area contributed by atoms with Crippen LogP contribution in [0.15, 0.2) is 36.7 Å². The van der Waals surface area contributed by atoms with E-state index in [2.05, 4.69) is 26.7 Å². The monoisotopic (exact) mass is 295 g/mol. The van der Waals surface area contributed by atoms with Gasteiger partial charge in [-0.25, -0.2) is 9.97 Å². The first-order valence-corrected chi connectivity index (χ1v) is 6.96. The van der Waals surface area contributed by atoms with E-state index in [4.69, 9.17) is 5.26 Å². The molecule has 2 aromatic rings. The molecule has 0 aliphatic carbocycles. The summed E-state index contributed by atoms with van der Waals surface area (Å²) in [7, 11) is 0. The van der Waals surface area contributed by atoms with Gasteiger partial charge in [0.1, 0.15) is 17.6 Å². The van der Waals surface area contributed by atoms with Gasteiger partial charge < -0.3 is 10.6 Å². The van der Waals surface area contributed by atoms with E-state index >= 15 is 0 Å². The molecule has 0 aliphatic rings. The Bertz CT molecular complexity index is 688. The number of nitrogens with zero attached hydrogens (tertiary/aromatic N) is 3. The highest BCUT2D eigenvalue weighted by Gasteiger charge is 2.09. The summed E-state index contributed by atoms with van der Waals surface area (Å²) in [6.45, 7) is 4.63. The molecular formula is C16H17N5O. The van der Waals surface area contributed by atoms with Crippen molar-refractivity contribution in [2.24, 2.45) is 5.92 Å². The topological polar surface area (TPSA) is 90.7 Å². The van der Waals surface area contributed by atoms with E-state index in [1.54, 1.807) is 18.2 Å². The molecule has 1 heterocycles. The number of anilines is 2. The Morgan fingerprint density at radius 1 is 1.27 bits per heavy atom. The number of nitrogens with one attached hydrogen (secondary N) is 2. The molecule has 1 aromatic heterocycles. The van der Waals surface area contributed by atoms with E-state index in [-0.39, 0.29) is 11.6 Å². The van der Waals surface area contributed by atoms with Gasteiger partial charge in [-0.15, -0.1) is 0 Å². The van der Waals surface area contributed by atoms with Crippen molar-refractivity contribution < 1.29 is 4.79 Å². The molecule has 1 aromatic carbocycles. The maximum atomic E-state index is 11.8. The van der Waals surface area contributed by atoms with E-state index in [0.717, 1.165) is 0 Å². The Morgan fingerprint density at radius 3 is 2.68 bits per heavy atom. The van der Waals surface area contributed by atoms with Crippen molar-refractivity contribution in [1.82, 2.24) is 15.3 Å². The minimum absolute atomic E-state index is 0.245. The molecule has 0 aliphatic heterocycles. The van der Waals surface area contributed by atoms with Crippen LogP contribution in [0.5, 0.6) is 0 Å². The Balaban J connectivity index is 2.06. The highest BCUT2D eigenvalue weighted by atomic mass is 16.1. The van der Waals surface area contributed by atoms with Gasteiger partial charge in [0.25, 0.3) is 5.91 Å². The second-order valence-electron chi connectivity index (χ2n) is 5.17. The van der Waals surface area contributed by atoms with Crippen molar-refractivity contribution in [3.8, 4) is 6.07 Å². The molecule has 112 valence electrons. The third-order valence-electron chi connectivity index (χ3n) is 2.87. The summed E-state index contributed by atoms with van der Waals surface area (Å²) in [5, 5.41) is 14.8. The Kier molecular flexibility index (Phi) is 5.04. The van der Waals surface area contributed by atoms with Gasteiger partial charge in [-0.1, -0.05) is 26.0 Å². The Hall–Kier alpha value is -2.94. The van der Waals surface area contributed by atoms with Crippen LogP contribution in [0.1, 0.15) is 29.9 Å². The first kappa shape index (κ1) is 15.4. The van der Waals surface area contributed by atoms with Crippen LogP contribution in [0.4, 0.5) is 11.5 Å². The fourth-order valence-electron chi connectivity index (χ4n) is 1.72. The van der Waals surface area contributed by atoms with Gasteiger partial charge in [-0.3, -0.25) is 4.79 Å². The van der Waals surface area contributed by atoms with Gasteiger partial charge in [0.2, 0.25) is 0 Å². The Labute approximate surface area is 129 Å². The molecule has 2 rings (SSSR count). The predicted molar refractivity (Wildman–Crippen MR) is 83.6 cm³/mol. The maximum Gasteiger partial charge on any atom is 0.271 e. The fourth-order valence-corrected chi connectivity index (χ4v) is 1.72. The molecule has 0 bridgehead atoms. The van der Waals surface area contributed by atoms with E-state index < -0.39 is 0 Å². The molecule has 2 N–H and O–H groups in total. The predicted octanol–water partition coefficient (Wildman–Crippen LogP) is 2.48. The SMILES string of the molecule is CC(C)CNC(=O)c1cnc(Nc2ccccc2C#N)cn1. The summed E-state index contributed by atoms with van der Waals surface area (Å²) in [6.07, 6.45) is 2.88. The Morgan fingerprint density at radius 2 is 2.05 bits per heavy atom. The van der Waals surface area contributed by atoms with Crippen molar-refractivity contribution >= 4 is 17.4 Å². The average molecular weight is 295 g/mol. The molecule has 22 heavy (non-hydrogen) atoms. The van der Waals surface area contributed by atoms with Crippen LogP contribution in [0.25, 0.3) is 0 Å². The quantitative estimate of drug-likeness (QED) is 0.884. The summed E-state index contributed by atoms with van der Waals surface area (Å²) in [6, 6.07) is 9.20. The number of hydrogen-bond acceptors (Lipinski definition) is 5. The highest BCUT2D eigenvalue weighted by molar-refractivity contribution is 5.92. The van der Waals surface area contributed by atoms with Crippen LogP contribution in [-0.2, 0) is 0 Å². The third kappa shape index (κ3) is 4.03. The summed E-state index contributed by atoms with van der Waals surface area (Å²) < 4.78 is 0. The molecule has 6 heteroatoms. The lowest BCUT2D eigenvalue weighted by molar-refractivity contribution is 0.0943. The number of carbonyl (C=O) groups is 1. The second kappa shape index (κ2) is 7.18. The molecular weight excluding hydrogens is 278 g/mol. The molecule has 0 radical (unpaired) electrons. The molecule has 6 nitrogen and oxygen atoms in total. The number of aromatic nitrogens is 2. The number of hydrogen-bond donors (Lipinski definition) is 2. The minimum Gasteiger partial charge on any atom is -0.350 e. The lowest BCUT2D eigenvalue weighted by Crippen LogP contribution is -2.28. The van der Waals surface area contributed by atoms with Gasteiger partial charge in [0.05, 0.1) is 23.6 Å². The first-order valence-electron chi connectivity index (χ1n) is 6.96. The average Bonchev–Trinajstić information content (AvgIpc) is 2.54. The molecule has 0 saturated carbocycles. The lowest BCUT2D eigenvalue weighted by Gasteiger charge is -2.08. The normalized spacial score (nSPS) is 10.1. The molecule has 0 unspecified atom stereocenters. The van der Waals surface area contributed by atoms with E-state index in [0.29, 0.717) is 29.5 Å². The zero-order valence-corrected chi connectivity index (χ0v) is 12.5. The fraction of sp³-hybridized carbons (Fsp3) is 0.250. The van der Waals surface area contributed by atoms with Crippen LogP contribution in [0.2, 0.25) is 0 Å². The number of carbonyl (C=O) groups excluding carboxylic acids is 1. The van der Waals surface area contributed by atoms with Crippen LogP contribution >= 0.6 is 0 Å². The second-order valence-corrected chi connectivity index (χ2v) is 5.17. The zero-order valence-electron chi connectivity index (χ0n) is 12.5. The van der Waals surface area contributed by atoms with Crippen molar-refractivity contribution in [3.05, 3.63) is 47.9 Å². The summed E-state index contributed by atoms with van der Waals surface area (Å²) >= 11 is 0. The van der Waals surface area contributed by atoms with Gasteiger partial charge in [-0.2, -0.15) is 5.26 Å². The van der Waals surface area contributed by atoms with Crippen molar-refractivity contribution in [2.75, 3.05) is 11.9 Å². The van der Waals surface area contributed by atoms with Gasteiger partial charge in [0, 0.05) is 6.54 Å². The van der Waals surface area contributed by atoms with Crippen molar-refractivity contribution in [3.63, 3.8) is 0 Å². The molecule has 0 spiro atoms. The first-order chi connectivity index (χ1) is 10.6. The van der Waals surface area contributed by atoms with E-state index in [1.165, 1.54) is 12.4 Å². The van der Waals surface area contributed by atoms with Crippen LogP contribution in [0, 0.1) is 17.2 Å². The van der Waals surface area contributed by atoms with Gasteiger partial charge in [-0.05, 0) is 18.1 Å². The molecule has 0 saturated heterocycles. The van der Waals surface area contributed by atoms with Gasteiger partial charge >= 0.3 is 0 Å². The third-order valence-corrected chi connectivity index (χ3v) is 2.87. The number of para-hydroxylation sites is 1. The molecule has 0 atom stereocenters. The summed E-state index contributed by atoms with van der Waals surface area (Å²) in [4.78, 5) is 20.1. The summed E-state index contributed by atoms with van der Waals surface area (Å²) in [5.41, 5.74) is 1.43. The van der Waals surface area contributed by atoms with Crippen molar-refractivity contribution in [2.45, 2.75) is 13.8 Å². The number of rotatable bonds is 5. The summed E-state index contributed by atoms with van der Waals surface area (Å²) in [5.74, 6) is 0.605. The largest absolute Gasteiger partial charge is 0.350 e. The van der Waals surface area contributed by atoms with Crippen molar-refractivity contribution in [1.29, 1.82) is 5.26 Å². The van der Waals surface area contributed by atoms with Gasteiger partial charge in [0.15, 0.2) is 0 Å². The van der Waals surface area contributed by atoms with E-state index in [9.17, 15) is 4.79 Å². The number of nitriles is 1. The molecule has 1 amide bonds. The van der Waals surface area contributed by atoms with E-state index in [1.807, 2.05) is 19.9 Å². The standard InChI is InChI=1S/C16H17N5O/c1-11(2)8-20-16(22)14-9-19-15(10-18-14)21-13-6-4-3-5-12(13)7-17/h3-6,9-11H,8H2,1-2H3,(H,19,21)(H,20,22). The minimum atomic E-state index is -0.245.